The lowest BCUT2D eigenvalue weighted by molar-refractivity contribution is -0.0452. The van der Waals surface area contributed by atoms with Crippen molar-refractivity contribution in [1.29, 1.82) is 0 Å². The molecule has 0 aliphatic carbocycles. The summed E-state index contributed by atoms with van der Waals surface area (Å²) in [6.07, 6.45) is 0. The van der Waals surface area contributed by atoms with Gasteiger partial charge in [0.05, 0.1) is 5.54 Å². The van der Waals surface area contributed by atoms with Crippen molar-refractivity contribution in [1.82, 2.24) is 10.0 Å². The first-order valence-electron chi connectivity index (χ1n) is 10.6. The summed E-state index contributed by atoms with van der Waals surface area (Å²) >= 11 is 0. The molecule has 176 valence electrons. The SMILES string of the molecule is CC(C)[C@@H](CNC(c1ccccc1)(c1ccccc1)c1ccccc1)NS(=O)(=O)C(F)(F)F. The van der Waals surface area contributed by atoms with Crippen LogP contribution >= 0.6 is 0 Å². The highest BCUT2D eigenvalue weighted by Crippen LogP contribution is 2.37. The minimum atomic E-state index is -5.49. The van der Waals surface area contributed by atoms with Gasteiger partial charge in [-0.1, -0.05) is 105 Å². The van der Waals surface area contributed by atoms with Crippen LogP contribution in [0.15, 0.2) is 91.0 Å². The third-order valence-electron chi connectivity index (χ3n) is 5.62. The quantitative estimate of drug-likeness (QED) is 0.426. The number of hydrogen-bond acceptors (Lipinski definition) is 3. The van der Waals surface area contributed by atoms with Gasteiger partial charge in [-0.25, -0.2) is 13.1 Å². The van der Waals surface area contributed by atoms with E-state index in [1.807, 2.05) is 95.7 Å². The lowest BCUT2D eigenvalue weighted by atomic mass is 9.76. The summed E-state index contributed by atoms with van der Waals surface area (Å²) in [5, 5.41) is 3.44. The third-order valence-corrected chi connectivity index (χ3v) is 6.85. The largest absolute Gasteiger partial charge is 0.511 e. The Hall–Kier alpha value is -2.68. The fourth-order valence-electron chi connectivity index (χ4n) is 3.81. The Morgan fingerprint density at radius 3 is 1.39 bits per heavy atom. The molecule has 3 rings (SSSR count). The van der Waals surface area contributed by atoms with Gasteiger partial charge in [-0.15, -0.1) is 0 Å². The van der Waals surface area contributed by atoms with Gasteiger partial charge in [0, 0.05) is 12.6 Å². The first-order valence-corrected chi connectivity index (χ1v) is 12.1. The topological polar surface area (TPSA) is 58.2 Å². The lowest BCUT2D eigenvalue weighted by Gasteiger charge is -2.39. The zero-order chi connectivity index (χ0) is 24.1. The van der Waals surface area contributed by atoms with E-state index >= 15 is 0 Å². The van der Waals surface area contributed by atoms with Gasteiger partial charge in [-0.2, -0.15) is 13.2 Å². The van der Waals surface area contributed by atoms with E-state index in [4.69, 9.17) is 0 Å². The summed E-state index contributed by atoms with van der Waals surface area (Å²) < 4.78 is 64.7. The van der Waals surface area contributed by atoms with E-state index < -0.39 is 33.0 Å². The van der Waals surface area contributed by atoms with Gasteiger partial charge in [0.25, 0.3) is 0 Å². The molecule has 0 aliphatic heterocycles. The molecule has 8 heteroatoms. The maximum atomic E-state index is 13.1. The Kier molecular flexibility index (Phi) is 7.62. The monoisotopic (exact) mass is 476 g/mol. The van der Waals surface area contributed by atoms with Gasteiger partial charge >= 0.3 is 15.5 Å². The van der Waals surface area contributed by atoms with E-state index in [9.17, 15) is 21.6 Å². The van der Waals surface area contributed by atoms with Crippen molar-refractivity contribution in [2.45, 2.75) is 30.9 Å². The summed E-state index contributed by atoms with van der Waals surface area (Å²) in [6.45, 7) is 3.33. The van der Waals surface area contributed by atoms with Crippen LogP contribution in [0.1, 0.15) is 30.5 Å². The lowest BCUT2D eigenvalue weighted by Crippen LogP contribution is -2.54. The number of nitrogens with one attached hydrogen (secondary N) is 2. The number of halogens is 3. The van der Waals surface area contributed by atoms with Crippen LogP contribution in [0.25, 0.3) is 0 Å². The molecule has 0 aliphatic rings. The van der Waals surface area contributed by atoms with Crippen LogP contribution < -0.4 is 10.0 Å². The molecule has 0 amide bonds. The molecule has 0 heterocycles. The molecule has 3 aromatic rings. The number of benzene rings is 3. The van der Waals surface area contributed by atoms with E-state index in [-0.39, 0.29) is 6.54 Å². The summed E-state index contributed by atoms with van der Waals surface area (Å²) in [6, 6.07) is 27.7. The van der Waals surface area contributed by atoms with Crippen molar-refractivity contribution in [2.24, 2.45) is 5.92 Å². The summed E-state index contributed by atoms with van der Waals surface area (Å²) in [5.74, 6) is -0.394. The molecular weight excluding hydrogens is 449 g/mol. The van der Waals surface area contributed by atoms with Crippen LogP contribution in [-0.2, 0) is 15.6 Å². The summed E-state index contributed by atoms with van der Waals surface area (Å²) in [4.78, 5) is 0. The predicted molar refractivity (Wildman–Crippen MR) is 124 cm³/mol. The highest BCUT2D eigenvalue weighted by atomic mass is 32.2. The molecule has 0 bridgehead atoms. The zero-order valence-electron chi connectivity index (χ0n) is 18.4. The van der Waals surface area contributed by atoms with Crippen LogP contribution in [-0.4, -0.2) is 26.5 Å². The molecular formula is C25H27F3N2O2S. The van der Waals surface area contributed by atoms with E-state index in [1.165, 1.54) is 0 Å². The standard InChI is InChI=1S/C25H27F3N2O2S/c1-19(2)23(30-33(31,32)25(26,27)28)18-29-24(20-12-6-3-7-13-20,21-14-8-4-9-15-21)22-16-10-5-11-17-22/h3-17,19,23,29-30H,18H2,1-2H3/t23-/m1/s1. The van der Waals surface area contributed by atoms with Crippen LogP contribution in [0.3, 0.4) is 0 Å². The number of rotatable bonds is 9. The second kappa shape index (κ2) is 10.1. The summed E-state index contributed by atoms with van der Waals surface area (Å²) in [5.41, 5.74) is -3.66. The molecule has 0 spiro atoms. The minimum absolute atomic E-state index is 0.0361. The fraction of sp³-hybridized carbons (Fsp3) is 0.280. The fourth-order valence-corrected chi connectivity index (χ4v) is 4.70. The third kappa shape index (κ3) is 5.46. The average Bonchev–Trinajstić information content (AvgIpc) is 2.80. The van der Waals surface area contributed by atoms with Crippen LogP contribution in [0.5, 0.6) is 0 Å². The molecule has 4 nitrogen and oxygen atoms in total. The van der Waals surface area contributed by atoms with Gasteiger partial charge in [0.1, 0.15) is 0 Å². The predicted octanol–water partition coefficient (Wildman–Crippen LogP) is 5.03. The van der Waals surface area contributed by atoms with Crippen LogP contribution in [0.2, 0.25) is 0 Å². The molecule has 3 aromatic carbocycles. The van der Waals surface area contributed by atoms with Gasteiger partial charge in [-0.3, -0.25) is 5.32 Å². The Bertz CT molecular complexity index is 1020. The van der Waals surface area contributed by atoms with E-state index in [1.54, 1.807) is 13.8 Å². The van der Waals surface area contributed by atoms with Crippen molar-refractivity contribution >= 4 is 10.0 Å². The molecule has 0 aromatic heterocycles. The molecule has 0 saturated carbocycles. The first-order chi connectivity index (χ1) is 15.6. The van der Waals surface area contributed by atoms with Crippen LogP contribution in [0, 0.1) is 5.92 Å². The van der Waals surface area contributed by atoms with Crippen molar-refractivity contribution in [2.75, 3.05) is 6.54 Å². The Morgan fingerprint density at radius 2 is 1.09 bits per heavy atom. The van der Waals surface area contributed by atoms with Crippen LogP contribution in [0.4, 0.5) is 13.2 Å². The van der Waals surface area contributed by atoms with Gasteiger partial charge < -0.3 is 0 Å². The van der Waals surface area contributed by atoms with Crippen molar-refractivity contribution in [3.8, 4) is 0 Å². The first kappa shape index (κ1) is 25.0. The second-order valence-corrected chi connectivity index (χ2v) is 9.85. The molecule has 2 N–H and O–H groups in total. The second-order valence-electron chi connectivity index (χ2n) is 8.15. The number of alkyl halides is 3. The Labute approximate surface area is 192 Å². The van der Waals surface area contributed by atoms with Gasteiger partial charge in [0.15, 0.2) is 0 Å². The van der Waals surface area contributed by atoms with Gasteiger partial charge in [-0.05, 0) is 22.6 Å². The zero-order valence-corrected chi connectivity index (χ0v) is 19.2. The van der Waals surface area contributed by atoms with E-state index in [0.717, 1.165) is 16.7 Å². The molecule has 0 fully saturated rings. The highest BCUT2D eigenvalue weighted by Gasteiger charge is 2.47. The van der Waals surface area contributed by atoms with Crippen molar-refractivity contribution in [3.63, 3.8) is 0 Å². The molecule has 0 radical (unpaired) electrons. The van der Waals surface area contributed by atoms with Gasteiger partial charge in [0.2, 0.25) is 0 Å². The van der Waals surface area contributed by atoms with E-state index in [0.29, 0.717) is 0 Å². The maximum absolute atomic E-state index is 13.1. The van der Waals surface area contributed by atoms with Crippen molar-refractivity contribution < 1.29 is 21.6 Å². The Morgan fingerprint density at radius 1 is 0.727 bits per heavy atom. The molecule has 33 heavy (non-hydrogen) atoms. The minimum Gasteiger partial charge on any atom is -0.298 e. The highest BCUT2D eigenvalue weighted by molar-refractivity contribution is 7.90. The average molecular weight is 477 g/mol. The van der Waals surface area contributed by atoms with Crippen molar-refractivity contribution in [3.05, 3.63) is 108 Å². The summed E-state index contributed by atoms with van der Waals surface area (Å²) in [7, 11) is -5.49. The smallest absolute Gasteiger partial charge is 0.298 e. The number of sulfonamides is 1. The Balaban J connectivity index is 2.10. The maximum Gasteiger partial charge on any atom is 0.511 e. The molecule has 0 unspecified atom stereocenters. The normalized spacial score (nSPS) is 13.8. The molecule has 1 atom stereocenters. The molecule has 0 saturated heterocycles. The number of hydrogen-bond donors (Lipinski definition) is 2. The van der Waals surface area contributed by atoms with E-state index in [2.05, 4.69) is 5.32 Å².